The van der Waals surface area contributed by atoms with E-state index in [0.717, 1.165) is 22.0 Å². The molecular formula is C15H12N6O2. The van der Waals surface area contributed by atoms with Gasteiger partial charge in [-0.05, 0) is 35.4 Å². The molecule has 23 heavy (non-hydrogen) atoms. The fraction of sp³-hybridized carbons (Fsp3) is 0.0667. The van der Waals surface area contributed by atoms with Crippen molar-refractivity contribution in [2.24, 2.45) is 7.05 Å². The number of anilines is 1. The number of carboxylic acids is 1. The smallest absolute Gasteiger partial charge is 0.335 e. The summed E-state index contributed by atoms with van der Waals surface area (Å²) in [5.74, 6) is -0.796. The third-order valence-corrected chi connectivity index (χ3v) is 3.78. The molecule has 1 aromatic carbocycles. The van der Waals surface area contributed by atoms with E-state index in [9.17, 15) is 9.90 Å². The Morgan fingerprint density at radius 1 is 1.30 bits per heavy atom. The van der Waals surface area contributed by atoms with Crippen molar-refractivity contribution in [2.45, 2.75) is 0 Å². The number of hydrogen-bond donors (Lipinski definition) is 2. The van der Waals surface area contributed by atoms with Gasteiger partial charge in [0, 0.05) is 18.6 Å². The lowest BCUT2D eigenvalue weighted by atomic mass is 10.00. The Morgan fingerprint density at radius 3 is 2.91 bits per heavy atom. The number of hydrogen-bond acceptors (Lipinski definition) is 5. The number of nitrogen functional groups attached to an aromatic ring is 1. The Kier molecular flexibility index (Phi) is 2.61. The molecule has 4 aromatic rings. The molecule has 0 fully saturated rings. The molecule has 8 heteroatoms. The summed E-state index contributed by atoms with van der Waals surface area (Å²) in [6.45, 7) is 0. The number of rotatable bonds is 2. The van der Waals surface area contributed by atoms with E-state index in [-0.39, 0.29) is 11.5 Å². The van der Waals surface area contributed by atoms with Crippen LogP contribution in [0.4, 0.5) is 5.95 Å². The first-order valence-corrected chi connectivity index (χ1v) is 6.84. The SMILES string of the molecule is Cn1ncc2c(-c3ccn4nc(N)nc4c3)cc(C(=O)O)cc21. The number of nitrogens with two attached hydrogens (primary N) is 1. The molecule has 0 aliphatic rings. The molecule has 3 N–H and O–H groups in total. The molecule has 8 nitrogen and oxygen atoms in total. The zero-order valence-electron chi connectivity index (χ0n) is 12.1. The molecular weight excluding hydrogens is 296 g/mol. The molecule has 0 saturated heterocycles. The van der Waals surface area contributed by atoms with Gasteiger partial charge in [-0.15, -0.1) is 5.10 Å². The molecule has 0 saturated carbocycles. The highest BCUT2D eigenvalue weighted by molar-refractivity contribution is 6.01. The van der Waals surface area contributed by atoms with Gasteiger partial charge in [0.05, 0.1) is 17.3 Å². The second kappa shape index (κ2) is 4.54. The Hall–Kier alpha value is -3.42. The zero-order valence-corrected chi connectivity index (χ0v) is 12.1. The van der Waals surface area contributed by atoms with Crippen molar-refractivity contribution in [3.63, 3.8) is 0 Å². The summed E-state index contributed by atoms with van der Waals surface area (Å²) >= 11 is 0. The van der Waals surface area contributed by atoms with E-state index in [1.54, 1.807) is 40.8 Å². The largest absolute Gasteiger partial charge is 0.478 e. The third kappa shape index (κ3) is 2.00. The average Bonchev–Trinajstić information content (AvgIpc) is 3.07. The van der Waals surface area contributed by atoms with Crippen LogP contribution in [-0.4, -0.2) is 35.5 Å². The van der Waals surface area contributed by atoms with E-state index in [2.05, 4.69) is 15.2 Å². The van der Waals surface area contributed by atoms with E-state index >= 15 is 0 Å². The highest BCUT2D eigenvalue weighted by atomic mass is 16.4. The Balaban J connectivity index is 2.03. The minimum atomic E-state index is -0.984. The number of nitrogens with zero attached hydrogens (tertiary/aromatic N) is 5. The zero-order chi connectivity index (χ0) is 16.1. The van der Waals surface area contributed by atoms with Crippen LogP contribution in [0, 0.1) is 0 Å². The van der Waals surface area contributed by atoms with E-state index in [4.69, 9.17) is 5.73 Å². The maximum atomic E-state index is 11.4. The van der Waals surface area contributed by atoms with Crippen molar-refractivity contribution in [3.05, 3.63) is 42.2 Å². The van der Waals surface area contributed by atoms with E-state index in [0.29, 0.717) is 5.65 Å². The first-order valence-electron chi connectivity index (χ1n) is 6.84. The van der Waals surface area contributed by atoms with E-state index < -0.39 is 5.97 Å². The fourth-order valence-electron chi connectivity index (χ4n) is 2.68. The molecule has 0 aliphatic carbocycles. The van der Waals surface area contributed by atoms with Crippen LogP contribution in [0.5, 0.6) is 0 Å². The van der Waals surface area contributed by atoms with Crippen molar-refractivity contribution in [2.75, 3.05) is 5.73 Å². The molecule has 114 valence electrons. The molecule has 3 aromatic heterocycles. The molecule has 0 atom stereocenters. The molecule has 0 unspecified atom stereocenters. The molecule has 0 amide bonds. The highest BCUT2D eigenvalue weighted by Gasteiger charge is 2.14. The Morgan fingerprint density at radius 2 is 2.13 bits per heavy atom. The summed E-state index contributed by atoms with van der Waals surface area (Å²) in [7, 11) is 1.78. The second-order valence-electron chi connectivity index (χ2n) is 5.22. The first-order chi connectivity index (χ1) is 11.0. The summed E-state index contributed by atoms with van der Waals surface area (Å²) in [5, 5.41) is 18.5. The molecule has 0 bridgehead atoms. The van der Waals surface area contributed by atoms with Crippen LogP contribution in [0.3, 0.4) is 0 Å². The number of carbonyl (C=O) groups is 1. The number of aromatic carboxylic acids is 1. The quantitative estimate of drug-likeness (QED) is 0.581. The summed E-state index contributed by atoms with van der Waals surface area (Å²) in [6.07, 6.45) is 3.46. The van der Waals surface area contributed by atoms with Crippen molar-refractivity contribution >= 4 is 28.5 Å². The topological polar surface area (TPSA) is 111 Å². The number of aryl methyl sites for hydroxylation is 1. The number of aromatic nitrogens is 5. The van der Waals surface area contributed by atoms with E-state index in [1.807, 2.05) is 12.1 Å². The van der Waals surface area contributed by atoms with Crippen LogP contribution in [-0.2, 0) is 7.05 Å². The first kappa shape index (κ1) is 13.3. The Bertz CT molecular complexity index is 1080. The van der Waals surface area contributed by atoms with Crippen LogP contribution in [0.25, 0.3) is 27.7 Å². The minimum Gasteiger partial charge on any atom is -0.478 e. The van der Waals surface area contributed by atoms with Crippen LogP contribution in [0.2, 0.25) is 0 Å². The summed E-state index contributed by atoms with van der Waals surface area (Å²) in [4.78, 5) is 15.5. The number of benzene rings is 1. The number of carboxylic acid groups (broad SMARTS) is 1. The molecule has 0 radical (unpaired) electrons. The molecule has 0 spiro atoms. The third-order valence-electron chi connectivity index (χ3n) is 3.78. The fourth-order valence-corrected chi connectivity index (χ4v) is 2.68. The van der Waals surface area contributed by atoms with Crippen molar-refractivity contribution in [1.29, 1.82) is 0 Å². The van der Waals surface area contributed by atoms with Crippen molar-refractivity contribution < 1.29 is 9.90 Å². The van der Waals surface area contributed by atoms with Crippen LogP contribution >= 0.6 is 0 Å². The number of fused-ring (bicyclic) bond motifs is 2. The average molecular weight is 308 g/mol. The van der Waals surface area contributed by atoms with Gasteiger partial charge in [0.25, 0.3) is 0 Å². The maximum Gasteiger partial charge on any atom is 0.335 e. The van der Waals surface area contributed by atoms with Gasteiger partial charge in [0.2, 0.25) is 5.95 Å². The normalized spacial score (nSPS) is 11.3. The van der Waals surface area contributed by atoms with Gasteiger partial charge >= 0.3 is 5.97 Å². The Labute approximate surface area is 129 Å². The van der Waals surface area contributed by atoms with Gasteiger partial charge in [0.15, 0.2) is 5.65 Å². The summed E-state index contributed by atoms with van der Waals surface area (Å²) in [6, 6.07) is 6.91. The van der Waals surface area contributed by atoms with Crippen LogP contribution in [0.15, 0.2) is 36.7 Å². The monoisotopic (exact) mass is 308 g/mol. The van der Waals surface area contributed by atoms with Gasteiger partial charge < -0.3 is 10.8 Å². The summed E-state index contributed by atoms with van der Waals surface area (Å²) < 4.78 is 3.22. The van der Waals surface area contributed by atoms with Gasteiger partial charge in [-0.1, -0.05) is 0 Å². The lowest BCUT2D eigenvalue weighted by molar-refractivity contribution is 0.0697. The van der Waals surface area contributed by atoms with Gasteiger partial charge in [-0.2, -0.15) is 10.1 Å². The summed E-state index contributed by atoms with van der Waals surface area (Å²) in [5.41, 5.74) is 8.75. The standard InChI is InChI=1S/C15H12N6O2/c1-20-12-5-9(14(22)23)4-10(11(12)7-17-20)8-2-3-21-13(6-8)18-15(16)19-21/h2-7H,1H3,(H2,16,19)(H,22,23). The predicted octanol–water partition coefficient (Wildman–Crippen LogP) is 1.56. The lowest BCUT2D eigenvalue weighted by Crippen LogP contribution is -1.99. The molecule has 0 aliphatic heterocycles. The highest BCUT2D eigenvalue weighted by Crippen LogP contribution is 2.30. The van der Waals surface area contributed by atoms with Gasteiger partial charge in [0.1, 0.15) is 0 Å². The van der Waals surface area contributed by atoms with Crippen LogP contribution < -0.4 is 5.73 Å². The van der Waals surface area contributed by atoms with Crippen molar-refractivity contribution in [3.8, 4) is 11.1 Å². The van der Waals surface area contributed by atoms with Crippen molar-refractivity contribution in [1.82, 2.24) is 24.4 Å². The van der Waals surface area contributed by atoms with Gasteiger partial charge in [-0.3, -0.25) is 4.68 Å². The predicted molar refractivity (Wildman–Crippen MR) is 84.1 cm³/mol. The van der Waals surface area contributed by atoms with Gasteiger partial charge in [-0.25, -0.2) is 9.31 Å². The molecule has 3 heterocycles. The molecule has 4 rings (SSSR count). The number of pyridine rings is 1. The maximum absolute atomic E-state index is 11.4. The van der Waals surface area contributed by atoms with Crippen LogP contribution in [0.1, 0.15) is 10.4 Å². The minimum absolute atomic E-state index is 0.188. The lowest BCUT2D eigenvalue weighted by Gasteiger charge is -2.06. The van der Waals surface area contributed by atoms with E-state index in [1.165, 1.54) is 0 Å². The second-order valence-corrected chi connectivity index (χ2v) is 5.22.